The molecule has 2 rings (SSSR count). The van der Waals surface area contributed by atoms with Gasteiger partial charge in [0.05, 0.1) is 23.0 Å². The summed E-state index contributed by atoms with van der Waals surface area (Å²) >= 11 is 0. The number of imidazole rings is 1. The van der Waals surface area contributed by atoms with Crippen LogP contribution in [0.3, 0.4) is 0 Å². The zero-order chi connectivity index (χ0) is 14.2. The summed E-state index contributed by atoms with van der Waals surface area (Å²) in [6, 6.07) is 3.80. The fourth-order valence-electron chi connectivity index (χ4n) is 1.75. The van der Waals surface area contributed by atoms with Crippen molar-refractivity contribution in [3.63, 3.8) is 0 Å². The van der Waals surface area contributed by atoms with Crippen molar-refractivity contribution in [3.8, 4) is 0 Å². The first-order valence-electron chi connectivity index (χ1n) is 5.30. The van der Waals surface area contributed by atoms with Crippen LogP contribution in [0.2, 0.25) is 0 Å². The van der Waals surface area contributed by atoms with Gasteiger partial charge in [-0.2, -0.15) is 13.2 Å². The maximum Gasteiger partial charge on any atom is 0.390 e. The highest BCUT2D eigenvalue weighted by Crippen LogP contribution is 2.21. The average molecular weight is 274 g/mol. The number of hydrogen-bond acceptors (Lipinski definition) is 2. The number of aromatic carboxylic acids is 1. The van der Waals surface area contributed by atoms with Gasteiger partial charge >= 0.3 is 17.8 Å². The van der Waals surface area contributed by atoms with Gasteiger partial charge in [-0.25, -0.2) is 9.59 Å². The van der Waals surface area contributed by atoms with Crippen LogP contribution in [0.25, 0.3) is 11.0 Å². The molecule has 0 bridgehead atoms. The molecule has 0 aliphatic rings. The first-order valence-corrected chi connectivity index (χ1v) is 5.30. The molecule has 2 aromatic rings. The Hall–Kier alpha value is -2.25. The zero-order valence-corrected chi connectivity index (χ0v) is 9.49. The Morgan fingerprint density at radius 3 is 2.63 bits per heavy atom. The second-order valence-electron chi connectivity index (χ2n) is 3.98. The van der Waals surface area contributed by atoms with Crippen LogP contribution in [-0.2, 0) is 6.54 Å². The summed E-state index contributed by atoms with van der Waals surface area (Å²) < 4.78 is 37.4. The first-order chi connectivity index (χ1) is 8.78. The van der Waals surface area contributed by atoms with Crippen LogP contribution >= 0.6 is 0 Å². The molecule has 0 aliphatic heterocycles. The van der Waals surface area contributed by atoms with Gasteiger partial charge in [-0.15, -0.1) is 0 Å². The molecule has 8 heteroatoms. The average Bonchev–Trinajstić information content (AvgIpc) is 2.60. The molecule has 0 amide bonds. The molecule has 0 saturated carbocycles. The first kappa shape index (κ1) is 13.2. The topological polar surface area (TPSA) is 75.1 Å². The summed E-state index contributed by atoms with van der Waals surface area (Å²) in [6.45, 7) is -0.550. The fourth-order valence-corrected chi connectivity index (χ4v) is 1.75. The Balaban J connectivity index is 2.47. The second-order valence-corrected chi connectivity index (χ2v) is 3.98. The predicted octanol–water partition coefficient (Wildman–Crippen LogP) is 1.98. The number of nitrogens with zero attached hydrogens (tertiary/aromatic N) is 1. The Morgan fingerprint density at radius 2 is 2.05 bits per heavy atom. The van der Waals surface area contributed by atoms with Crippen LogP contribution in [0.5, 0.6) is 0 Å². The second kappa shape index (κ2) is 4.45. The Morgan fingerprint density at radius 1 is 1.37 bits per heavy atom. The van der Waals surface area contributed by atoms with E-state index in [1.54, 1.807) is 0 Å². The highest BCUT2D eigenvalue weighted by molar-refractivity contribution is 5.92. The predicted molar refractivity (Wildman–Crippen MR) is 60.2 cm³/mol. The molecule has 102 valence electrons. The molecule has 1 aromatic carbocycles. The molecule has 1 aromatic heterocycles. The maximum absolute atomic E-state index is 12.2. The van der Waals surface area contributed by atoms with Gasteiger partial charge in [-0.1, -0.05) is 0 Å². The Labute approximate surface area is 104 Å². The third-order valence-electron chi connectivity index (χ3n) is 2.64. The van der Waals surface area contributed by atoms with Crippen molar-refractivity contribution in [3.05, 3.63) is 34.2 Å². The monoisotopic (exact) mass is 274 g/mol. The number of halogens is 3. The van der Waals surface area contributed by atoms with E-state index in [1.165, 1.54) is 18.2 Å². The number of benzene rings is 1. The maximum atomic E-state index is 12.2. The van der Waals surface area contributed by atoms with Crippen LogP contribution in [0, 0.1) is 0 Å². The van der Waals surface area contributed by atoms with Crippen molar-refractivity contribution in [1.82, 2.24) is 9.55 Å². The lowest BCUT2D eigenvalue weighted by Gasteiger charge is -2.07. The normalized spacial score (nSPS) is 11.9. The van der Waals surface area contributed by atoms with Crippen molar-refractivity contribution in [2.45, 2.75) is 19.1 Å². The number of H-pyrrole nitrogens is 1. The smallest absolute Gasteiger partial charge is 0.390 e. The largest absolute Gasteiger partial charge is 0.478 e. The minimum atomic E-state index is -4.38. The number of alkyl halides is 3. The van der Waals surface area contributed by atoms with Gasteiger partial charge in [0.15, 0.2) is 0 Å². The molecule has 19 heavy (non-hydrogen) atoms. The number of aryl methyl sites for hydroxylation is 1. The van der Waals surface area contributed by atoms with E-state index in [0.717, 1.165) is 4.57 Å². The summed E-state index contributed by atoms with van der Waals surface area (Å²) in [7, 11) is 0. The Kier molecular flexibility index (Phi) is 3.09. The molecule has 0 spiro atoms. The molecule has 0 saturated heterocycles. The van der Waals surface area contributed by atoms with Gasteiger partial charge < -0.3 is 10.1 Å². The molecule has 1 heterocycles. The third kappa shape index (κ3) is 2.78. The third-order valence-corrected chi connectivity index (χ3v) is 2.64. The number of hydrogen-bond donors (Lipinski definition) is 2. The van der Waals surface area contributed by atoms with Crippen LogP contribution in [0.15, 0.2) is 23.0 Å². The number of aromatic amines is 1. The number of carboxylic acid groups (broad SMARTS) is 1. The van der Waals surface area contributed by atoms with E-state index >= 15 is 0 Å². The standard InChI is InChI=1S/C11H9F3N2O3/c12-11(13,14)3-4-16-8-5-6(9(17)18)1-2-7(8)15-10(16)19/h1-2,5H,3-4H2,(H,15,19)(H,17,18). The molecule has 0 radical (unpaired) electrons. The fraction of sp³-hybridized carbons (Fsp3) is 0.273. The van der Waals surface area contributed by atoms with E-state index in [2.05, 4.69) is 4.98 Å². The van der Waals surface area contributed by atoms with Gasteiger partial charge in [-0.05, 0) is 18.2 Å². The van der Waals surface area contributed by atoms with E-state index in [4.69, 9.17) is 5.11 Å². The van der Waals surface area contributed by atoms with Gasteiger partial charge in [-0.3, -0.25) is 4.57 Å². The highest BCUT2D eigenvalue weighted by atomic mass is 19.4. The van der Waals surface area contributed by atoms with E-state index < -0.39 is 30.8 Å². The number of fused-ring (bicyclic) bond motifs is 1. The summed E-state index contributed by atoms with van der Waals surface area (Å²) in [5, 5.41) is 8.82. The van der Waals surface area contributed by atoms with Gasteiger partial charge in [0.1, 0.15) is 0 Å². The van der Waals surface area contributed by atoms with Crippen molar-refractivity contribution >= 4 is 17.0 Å². The number of nitrogens with one attached hydrogen (secondary N) is 1. The zero-order valence-electron chi connectivity index (χ0n) is 9.49. The highest BCUT2D eigenvalue weighted by Gasteiger charge is 2.27. The molecular weight excluding hydrogens is 265 g/mol. The summed E-state index contributed by atoms with van der Waals surface area (Å²) in [5.41, 5.74) is -0.333. The quantitative estimate of drug-likeness (QED) is 0.898. The van der Waals surface area contributed by atoms with Crippen LogP contribution < -0.4 is 5.69 Å². The summed E-state index contributed by atoms with van der Waals surface area (Å²) in [4.78, 5) is 24.7. The lowest BCUT2D eigenvalue weighted by atomic mass is 10.2. The van der Waals surface area contributed by atoms with E-state index in [0.29, 0.717) is 5.52 Å². The molecule has 0 fully saturated rings. The van der Waals surface area contributed by atoms with Crippen molar-refractivity contribution < 1.29 is 23.1 Å². The lowest BCUT2D eigenvalue weighted by Crippen LogP contribution is -2.21. The SMILES string of the molecule is O=C(O)c1ccc2[nH]c(=O)n(CCC(F)(F)F)c2c1. The summed E-state index contributed by atoms with van der Waals surface area (Å²) in [6.07, 6.45) is -5.54. The van der Waals surface area contributed by atoms with E-state index in [9.17, 15) is 22.8 Å². The van der Waals surface area contributed by atoms with Crippen LogP contribution in [-0.4, -0.2) is 26.8 Å². The number of rotatable bonds is 3. The van der Waals surface area contributed by atoms with Crippen LogP contribution in [0.1, 0.15) is 16.8 Å². The van der Waals surface area contributed by atoms with E-state index in [1.807, 2.05) is 0 Å². The molecule has 0 aliphatic carbocycles. The lowest BCUT2D eigenvalue weighted by molar-refractivity contribution is -0.136. The molecular formula is C11H9F3N2O3. The number of carbonyl (C=O) groups is 1. The van der Waals surface area contributed by atoms with E-state index in [-0.39, 0.29) is 11.1 Å². The Bertz CT molecular complexity index is 685. The van der Waals surface area contributed by atoms with Crippen molar-refractivity contribution in [2.75, 3.05) is 0 Å². The number of aromatic nitrogens is 2. The summed E-state index contributed by atoms with van der Waals surface area (Å²) in [5.74, 6) is -1.21. The molecule has 0 atom stereocenters. The molecule has 0 unspecified atom stereocenters. The number of carboxylic acids is 1. The van der Waals surface area contributed by atoms with Gasteiger partial charge in [0, 0.05) is 6.54 Å². The van der Waals surface area contributed by atoms with Crippen LogP contribution in [0.4, 0.5) is 13.2 Å². The minimum Gasteiger partial charge on any atom is -0.478 e. The van der Waals surface area contributed by atoms with Crippen molar-refractivity contribution in [1.29, 1.82) is 0 Å². The van der Waals surface area contributed by atoms with Crippen molar-refractivity contribution in [2.24, 2.45) is 0 Å². The van der Waals surface area contributed by atoms with Gasteiger partial charge in [0.25, 0.3) is 0 Å². The van der Waals surface area contributed by atoms with Gasteiger partial charge in [0.2, 0.25) is 0 Å². The molecule has 2 N–H and O–H groups in total. The minimum absolute atomic E-state index is 0.0905. The molecule has 5 nitrogen and oxygen atoms in total.